The number of aliphatic carboxylic acids is 1. The van der Waals surface area contributed by atoms with Crippen molar-refractivity contribution in [1.82, 2.24) is 5.32 Å². The molecule has 92 valence electrons. The summed E-state index contributed by atoms with van der Waals surface area (Å²) in [6.45, 7) is 3.62. The molecule has 1 atom stereocenters. The van der Waals surface area contributed by atoms with Crippen LogP contribution in [0.25, 0.3) is 0 Å². The van der Waals surface area contributed by atoms with Crippen LogP contribution in [-0.4, -0.2) is 35.0 Å². The summed E-state index contributed by atoms with van der Waals surface area (Å²) in [5, 5.41) is 11.4. The third-order valence-corrected chi connectivity index (χ3v) is 2.73. The van der Waals surface area contributed by atoms with E-state index in [4.69, 9.17) is 5.11 Å². The molecule has 1 amide bonds. The van der Waals surface area contributed by atoms with E-state index in [0.29, 0.717) is 17.7 Å². The summed E-state index contributed by atoms with van der Waals surface area (Å²) in [5.74, 6) is -0.560. The van der Waals surface area contributed by atoms with Crippen LogP contribution in [0.4, 0.5) is 0 Å². The molecule has 0 aliphatic rings. The molecule has 0 aliphatic heterocycles. The van der Waals surface area contributed by atoms with Gasteiger partial charge >= 0.3 is 5.97 Å². The number of hydrogen-bond acceptors (Lipinski definition) is 3. The van der Waals surface area contributed by atoms with Crippen LogP contribution in [0.1, 0.15) is 26.7 Å². The number of carbonyl (C=O) groups is 2. The minimum Gasteiger partial charge on any atom is -0.480 e. The van der Waals surface area contributed by atoms with Gasteiger partial charge in [-0.1, -0.05) is 13.0 Å². The molecule has 0 aromatic rings. The van der Waals surface area contributed by atoms with Gasteiger partial charge in [-0.05, 0) is 31.8 Å². The van der Waals surface area contributed by atoms with Crippen LogP contribution < -0.4 is 5.32 Å². The highest BCUT2D eigenvalue weighted by atomic mass is 32.2. The van der Waals surface area contributed by atoms with E-state index in [1.165, 1.54) is 0 Å². The number of carbonyl (C=O) groups excluding carboxylic acids is 1. The molecule has 0 bridgehead atoms. The van der Waals surface area contributed by atoms with Gasteiger partial charge in [-0.2, -0.15) is 11.8 Å². The highest BCUT2D eigenvalue weighted by Gasteiger charge is 2.19. The van der Waals surface area contributed by atoms with Crippen molar-refractivity contribution in [3.05, 3.63) is 11.6 Å². The van der Waals surface area contributed by atoms with Gasteiger partial charge in [0.1, 0.15) is 6.04 Å². The van der Waals surface area contributed by atoms with Gasteiger partial charge in [0.2, 0.25) is 5.91 Å². The second kappa shape index (κ2) is 8.21. The number of amides is 1. The minimum absolute atomic E-state index is 0.296. The highest BCUT2D eigenvalue weighted by molar-refractivity contribution is 7.98. The third-order valence-electron chi connectivity index (χ3n) is 2.08. The maximum absolute atomic E-state index is 11.6. The average Bonchev–Trinajstić information content (AvgIpc) is 2.23. The Kier molecular flexibility index (Phi) is 7.72. The van der Waals surface area contributed by atoms with Gasteiger partial charge in [-0.15, -0.1) is 0 Å². The van der Waals surface area contributed by atoms with Gasteiger partial charge in [-0.25, -0.2) is 4.79 Å². The number of thioether (sulfide) groups is 1. The Hall–Kier alpha value is -0.970. The predicted octanol–water partition coefficient (Wildman–Crippen LogP) is 1.67. The molecule has 0 aromatic heterocycles. The molecule has 0 rings (SSSR count). The third kappa shape index (κ3) is 5.80. The van der Waals surface area contributed by atoms with Crippen molar-refractivity contribution in [2.24, 2.45) is 0 Å². The largest absolute Gasteiger partial charge is 0.480 e. The minimum atomic E-state index is -0.980. The van der Waals surface area contributed by atoms with E-state index in [0.717, 1.165) is 6.42 Å². The van der Waals surface area contributed by atoms with Crippen LogP contribution in [0.5, 0.6) is 0 Å². The zero-order chi connectivity index (χ0) is 12.6. The Bertz CT molecular complexity index is 276. The molecule has 0 saturated heterocycles. The Balaban J connectivity index is 4.34. The zero-order valence-corrected chi connectivity index (χ0v) is 10.8. The van der Waals surface area contributed by atoms with E-state index in [1.54, 1.807) is 24.8 Å². The molecule has 0 radical (unpaired) electrons. The van der Waals surface area contributed by atoms with Crippen LogP contribution in [-0.2, 0) is 9.59 Å². The summed E-state index contributed by atoms with van der Waals surface area (Å²) in [7, 11) is 0. The first-order valence-corrected chi connectivity index (χ1v) is 6.61. The number of allylic oxidation sites excluding steroid dienone is 1. The Morgan fingerprint density at radius 1 is 1.50 bits per heavy atom. The van der Waals surface area contributed by atoms with Gasteiger partial charge in [-0.3, -0.25) is 4.79 Å². The normalized spacial score (nSPS) is 13.3. The van der Waals surface area contributed by atoms with Gasteiger partial charge < -0.3 is 10.4 Å². The lowest BCUT2D eigenvalue weighted by Crippen LogP contribution is -2.41. The average molecular weight is 245 g/mol. The van der Waals surface area contributed by atoms with E-state index in [9.17, 15) is 9.59 Å². The second-order valence-corrected chi connectivity index (χ2v) is 4.43. The Morgan fingerprint density at radius 3 is 2.56 bits per heavy atom. The molecule has 0 aromatic carbocycles. The van der Waals surface area contributed by atoms with Crippen LogP contribution in [0, 0.1) is 0 Å². The lowest BCUT2D eigenvalue weighted by Gasteiger charge is -2.14. The number of carboxylic acid groups (broad SMARTS) is 1. The first-order chi connectivity index (χ1) is 7.52. The first kappa shape index (κ1) is 15.0. The summed E-state index contributed by atoms with van der Waals surface area (Å²) in [4.78, 5) is 22.4. The molecule has 16 heavy (non-hydrogen) atoms. The molecule has 0 spiro atoms. The predicted molar refractivity (Wildman–Crippen MR) is 66.6 cm³/mol. The van der Waals surface area contributed by atoms with Crippen molar-refractivity contribution in [1.29, 1.82) is 0 Å². The first-order valence-electron chi connectivity index (χ1n) is 5.22. The molecular formula is C11H19NO3S. The van der Waals surface area contributed by atoms with Crippen LogP contribution in [0.3, 0.4) is 0 Å². The van der Waals surface area contributed by atoms with Crippen molar-refractivity contribution < 1.29 is 14.7 Å². The Morgan fingerprint density at radius 2 is 2.12 bits per heavy atom. The van der Waals surface area contributed by atoms with Crippen LogP contribution in [0.15, 0.2) is 11.6 Å². The number of hydrogen-bond donors (Lipinski definition) is 2. The maximum Gasteiger partial charge on any atom is 0.326 e. The molecule has 0 aliphatic carbocycles. The molecule has 4 nitrogen and oxygen atoms in total. The maximum atomic E-state index is 11.6. The number of carboxylic acids is 1. The molecule has 0 fully saturated rings. The van der Waals surface area contributed by atoms with Crippen LogP contribution in [0.2, 0.25) is 0 Å². The molecule has 0 heterocycles. The fourth-order valence-corrected chi connectivity index (χ4v) is 1.64. The monoisotopic (exact) mass is 245 g/mol. The van der Waals surface area contributed by atoms with E-state index in [-0.39, 0.29) is 5.91 Å². The van der Waals surface area contributed by atoms with Crippen LogP contribution >= 0.6 is 11.8 Å². The highest BCUT2D eigenvalue weighted by Crippen LogP contribution is 2.03. The van der Waals surface area contributed by atoms with Crippen molar-refractivity contribution in [2.75, 3.05) is 12.0 Å². The summed E-state index contributed by atoms with van der Waals surface area (Å²) in [5.41, 5.74) is 0.568. The summed E-state index contributed by atoms with van der Waals surface area (Å²) in [6.07, 6.45) is 4.90. The van der Waals surface area contributed by atoms with Gasteiger partial charge in [0, 0.05) is 5.57 Å². The standard InChI is InChI=1S/C11H19NO3S/c1-4-5-8(2)10(13)12-9(11(14)15)6-7-16-3/h5,9H,4,6-7H2,1-3H3,(H,12,13)(H,14,15)/b8-5-/t9-/m0/s1. The quantitative estimate of drug-likeness (QED) is 0.669. The van der Waals surface area contributed by atoms with E-state index < -0.39 is 12.0 Å². The summed E-state index contributed by atoms with van der Waals surface area (Å²) < 4.78 is 0. The van der Waals surface area contributed by atoms with Crippen molar-refractivity contribution in [3.63, 3.8) is 0 Å². The SMILES string of the molecule is CC/C=C(/C)C(=O)N[C@@H](CCSC)C(=O)O. The molecule has 0 saturated carbocycles. The van der Waals surface area contributed by atoms with Crippen molar-refractivity contribution in [3.8, 4) is 0 Å². The number of rotatable bonds is 7. The van der Waals surface area contributed by atoms with Gasteiger partial charge in [0.05, 0.1) is 0 Å². The fourth-order valence-electron chi connectivity index (χ4n) is 1.16. The zero-order valence-electron chi connectivity index (χ0n) is 9.95. The topological polar surface area (TPSA) is 66.4 Å². The molecule has 0 unspecified atom stereocenters. The van der Waals surface area contributed by atoms with E-state index in [1.807, 2.05) is 13.2 Å². The lowest BCUT2D eigenvalue weighted by molar-refractivity contribution is -0.141. The van der Waals surface area contributed by atoms with E-state index in [2.05, 4.69) is 5.32 Å². The summed E-state index contributed by atoms with van der Waals surface area (Å²) in [6, 6.07) is -0.792. The fraction of sp³-hybridized carbons (Fsp3) is 0.636. The van der Waals surface area contributed by atoms with Gasteiger partial charge in [0.15, 0.2) is 0 Å². The van der Waals surface area contributed by atoms with E-state index >= 15 is 0 Å². The van der Waals surface area contributed by atoms with Crippen molar-refractivity contribution in [2.45, 2.75) is 32.7 Å². The second-order valence-electron chi connectivity index (χ2n) is 3.44. The summed E-state index contributed by atoms with van der Waals surface area (Å²) >= 11 is 1.56. The molecular weight excluding hydrogens is 226 g/mol. The smallest absolute Gasteiger partial charge is 0.326 e. The van der Waals surface area contributed by atoms with Crippen molar-refractivity contribution >= 4 is 23.6 Å². The molecule has 5 heteroatoms. The van der Waals surface area contributed by atoms with Gasteiger partial charge in [0.25, 0.3) is 0 Å². The molecule has 2 N–H and O–H groups in total. The number of nitrogens with one attached hydrogen (secondary N) is 1. The lowest BCUT2D eigenvalue weighted by atomic mass is 10.2. The Labute approximate surface area is 100 Å².